The summed E-state index contributed by atoms with van der Waals surface area (Å²) in [5.74, 6) is -2.67. The van der Waals surface area contributed by atoms with E-state index in [2.05, 4.69) is 5.32 Å². The van der Waals surface area contributed by atoms with Crippen molar-refractivity contribution >= 4 is 23.2 Å². The number of ether oxygens (including phenoxy) is 1. The molecule has 2 aromatic carbocycles. The van der Waals surface area contributed by atoms with E-state index in [9.17, 15) is 13.6 Å². The molecule has 8 heteroatoms. The Hall–Kier alpha value is -2.71. The van der Waals surface area contributed by atoms with Gasteiger partial charge < -0.3 is 10.1 Å². The van der Waals surface area contributed by atoms with Crippen LogP contribution in [0.1, 0.15) is 38.8 Å². The van der Waals surface area contributed by atoms with Gasteiger partial charge in [-0.1, -0.05) is 23.8 Å². The number of thioether (sulfide) groups is 1. The molecule has 2 heterocycles. The Bertz CT molecular complexity index is 1200. The minimum absolute atomic E-state index is 0.0235. The number of hydrogen-bond acceptors (Lipinski definition) is 4. The van der Waals surface area contributed by atoms with Crippen LogP contribution in [0.2, 0.25) is 0 Å². The van der Waals surface area contributed by atoms with E-state index in [1.165, 1.54) is 49.2 Å². The maximum atomic E-state index is 15.3. The molecule has 1 N–H and O–H groups in total. The molecule has 0 aromatic heterocycles. The number of rotatable bonds is 6. The number of nitrogens with one attached hydrogen (secondary N) is 1. The molecule has 186 valence electrons. The molecule has 0 fully saturated rings. The van der Waals surface area contributed by atoms with E-state index >= 15 is 4.39 Å². The smallest absolute Gasteiger partial charge is 0.259 e. The van der Waals surface area contributed by atoms with Crippen LogP contribution in [0.25, 0.3) is 5.57 Å². The molecular weight excluding hydrogens is 473 g/mol. The molecule has 2 aliphatic heterocycles. The summed E-state index contributed by atoms with van der Waals surface area (Å²) < 4.78 is 49.7. The topological polar surface area (TPSA) is 41.6 Å². The van der Waals surface area contributed by atoms with Gasteiger partial charge in [0.2, 0.25) is 0 Å². The van der Waals surface area contributed by atoms with Gasteiger partial charge >= 0.3 is 0 Å². The molecule has 0 radical (unpaired) electrons. The first-order chi connectivity index (χ1) is 16.5. The van der Waals surface area contributed by atoms with Crippen LogP contribution in [0.4, 0.5) is 13.2 Å². The lowest BCUT2D eigenvalue weighted by atomic mass is 9.82. The van der Waals surface area contributed by atoms with E-state index in [1.807, 2.05) is 26.2 Å². The molecule has 0 aliphatic carbocycles. The number of methoxy groups -OCH3 is 1. The zero-order chi connectivity index (χ0) is 25.5. The highest BCUT2D eigenvalue weighted by Crippen LogP contribution is 2.47. The van der Waals surface area contributed by atoms with E-state index in [0.717, 1.165) is 5.70 Å². The minimum Gasteiger partial charge on any atom is -0.494 e. The van der Waals surface area contributed by atoms with Gasteiger partial charge in [0.05, 0.1) is 12.5 Å². The van der Waals surface area contributed by atoms with Crippen molar-refractivity contribution in [3.05, 3.63) is 81.7 Å². The Labute approximate surface area is 208 Å². The lowest BCUT2D eigenvalue weighted by molar-refractivity contribution is -0.124. The van der Waals surface area contributed by atoms with Gasteiger partial charge in [0.25, 0.3) is 5.91 Å². The molecular formula is C27H29F3N2O2S. The molecule has 2 atom stereocenters. The lowest BCUT2D eigenvalue weighted by Gasteiger charge is -2.40. The number of nitrogens with zero attached hydrogens (tertiary/aromatic N) is 1. The van der Waals surface area contributed by atoms with Gasteiger partial charge in [0.15, 0.2) is 11.6 Å². The molecule has 4 nitrogen and oxygen atoms in total. The highest BCUT2D eigenvalue weighted by atomic mass is 32.2. The number of fused-ring (bicyclic) bond motifs is 1. The van der Waals surface area contributed by atoms with Crippen LogP contribution < -0.4 is 10.1 Å². The molecule has 0 saturated heterocycles. The second-order valence-electron chi connectivity index (χ2n) is 9.81. The first-order valence-corrected chi connectivity index (χ1v) is 12.4. The summed E-state index contributed by atoms with van der Waals surface area (Å²) in [6, 6.07) is 8.43. The van der Waals surface area contributed by atoms with Crippen molar-refractivity contribution in [2.75, 3.05) is 13.7 Å². The zero-order valence-corrected chi connectivity index (χ0v) is 21.2. The molecule has 4 rings (SSSR count). The number of amides is 1. The minimum atomic E-state index is -0.642. The Morgan fingerprint density at radius 2 is 1.74 bits per heavy atom. The van der Waals surface area contributed by atoms with Crippen LogP contribution >= 0.6 is 11.8 Å². The van der Waals surface area contributed by atoms with Gasteiger partial charge in [0, 0.05) is 40.4 Å². The average Bonchev–Trinajstić information content (AvgIpc) is 3.22. The molecule has 35 heavy (non-hydrogen) atoms. The van der Waals surface area contributed by atoms with Crippen molar-refractivity contribution in [2.24, 2.45) is 5.92 Å². The Morgan fingerprint density at radius 3 is 2.37 bits per heavy atom. The molecule has 1 amide bonds. The fourth-order valence-corrected chi connectivity index (χ4v) is 5.85. The van der Waals surface area contributed by atoms with Gasteiger partial charge in [-0.15, -0.1) is 11.8 Å². The van der Waals surface area contributed by atoms with Crippen LogP contribution in [-0.2, 0) is 11.2 Å². The summed E-state index contributed by atoms with van der Waals surface area (Å²) in [6.45, 7) is 8.24. The third kappa shape index (κ3) is 4.86. The quantitative estimate of drug-likeness (QED) is 0.535. The fraction of sp³-hybridized carbons (Fsp3) is 0.370. The Kier molecular flexibility index (Phi) is 7.06. The number of benzene rings is 2. The SMILES string of the molecule is COc1cccc(C2=C(C)C(Cc3c(F)cccc3F)C3SC=C(CNC(C)(C)C)N3C2=O)c1F. The molecule has 0 bridgehead atoms. The number of carbonyl (C=O) groups is 1. The fourth-order valence-electron chi connectivity index (χ4n) is 4.51. The van der Waals surface area contributed by atoms with E-state index < -0.39 is 28.7 Å². The third-order valence-electron chi connectivity index (χ3n) is 6.37. The Balaban J connectivity index is 1.83. The average molecular weight is 503 g/mol. The van der Waals surface area contributed by atoms with Crippen LogP contribution in [0, 0.1) is 23.4 Å². The standard InChI is InChI=1S/C27H29F3N2O2S/c1-15-18(12-19-20(28)9-7-10-21(19)29)26-32(16(14-35-26)13-31-27(2,3)4)25(33)23(15)17-8-6-11-22(34-5)24(17)30/h6-11,14,18,26,31H,12-13H2,1-5H3. The number of halogens is 3. The largest absolute Gasteiger partial charge is 0.494 e. The highest BCUT2D eigenvalue weighted by Gasteiger charge is 2.45. The van der Waals surface area contributed by atoms with Crippen molar-refractivity contribution in [3.63, 3.8) is 0 Å². The maximum Gasteiger partial charge on any atom is 0.259 e. The van der Waals surface area contributed by atoms with E-state index in [1.54, 1.807) is 17.9 Å². The predicted molar refractivity (Wildman–Crippen MR) is 133 cm³/mol. The van der Waals surface area contributed by atoms with Crippen LogP contribution in [0.3, 0.4) is 0 Å². The first-order valence-electron chi connectivity index (χ1n) is 11.4. The van der Waals surface area contributed by atoms with E-state index in [0.29, 0.717) is 12.1 Å². The van der Waals surface area contributed by atoms with Gasteiger partial charge in [0.1, 0.15) is 11.6 Å². The van der Waals surface area contributed by atoms with Crippen molar-refractivity contribution in [1.82, 2.24) is 10.2 Å². The van der Waals surface area contributed by atoms with Crippen LogP contribution in [0.15, 0.2) is 53.1 Å². The summed E-state index contributed by atoms with van der Waals surface area (Å²) >= 11 is 1.45. The van der Waals surface area contributed by atoms with Crippen molar-refractivity contribution < 1.29 is 22.7 Å². The van der Waals surface area contributed by atoms with E-state index in [4.69, 9.17) is 4.74 Å². The summed E-state index contributed by atoms with van der Waals surface area (Å²) in [4.78, 5) is 15.5. The van der Waals surface area contributed by atoms with Crippen LogP contribution in [-0.4, -0.2) is 35.4 Å². The van der Waals surface area contributed by atoms with Crippen molar-refractivity contribution in [1.29, 1.82) is 0 Å². The van der Waals surface area contributed by atoms with Crippen molar-refractivity contribution in [2.45, 2.75) is 45.0 Å². The molecule has 2 aromatic rings. The third-order valence-corrected chi connectivity index (χ3v) is 7.60. The van der Waals surface area contributed by atoms with Gasteiger partial charge in [-0.2, -0.15) is 0 Å². The molecule has 2 aliphatic rings. The monoisotopic (exact) mass is 502 g/mol. The van der Waals surface area contributed by atoms with Gasteiger partial charge in [-0.25, -0.2) is 13.2 Å². The molecule has 0 spiro atoms. The highest BCUT2D eigenvalue weighted by molar-refractivity contribution is 8.03. The summed E-state index contributed by atoms with van der Waals surface area (Å²) in [5, 5.41) is 4.90. The summed E-state index contributed by atoms with van der Waals surface area (Å²) in [6.07, 6.45) is 0.0364. The van der Waals surface area contributed by atoms with Gasteiger partial charge in [-0.05, 0) is 57.7 Å². The maximum absolute atomic E-state index is 15.3. The molecule has 0 saturated carbocycles. The summed E-state index contributed by atoms with van der Waals surface area (Å²) in [5.41, 5.74) is 1.42. The second kappa shape index (κ2) is 9.74. The lowest BCUT2D eigenvalue weighted by Crippen LogP contribution is -2.48. The summed E-state index contributed by atoms with van der Waals surface area (Å²) in [7, 11) is 1.36. The predicted octanol–water partition coefficient (Wildman–Crippen LogP) is 5.89. The van der Waals surface area contributed by atoms with Gasteiger partial charge in [-0.3, -0.25) is 9.69 Å². The normalized spacial score (nSPS) is 20.3. The first kappa shape index (κ1) is 25.4. The van der Waals surface area contributed by atoms with Crippen LogP contribution in [0.5, 0.6) is 5.75 Å². The number of carbonyl (C=O) groups excluding carboxylic acids is 1. The van der Waals surface area contributed by atoms with E-state index in [-0.39, 0.29) is 40.3 Å². The Morgan fingerprint density at radius 1 is 1.09 bits per heavy atom. The molecule has 2 unspecified atom stereocenters. The van der Waals surface area contributed by atoms with Crippen molar-refractivity contribution in [3.8, 4) is 5.75 Å². The second-order valence-corrected chi connectivity index (χ2v) is 10.8. The zero-order valence-electron chi connectivity index (χ0n) is 20.4. The number of hydrogen-bond donors (Lipinski definition) is 1.